The third kappa shape index (κ3) is 3.72. The molecule has 4 nitrogen and oxygen atoms in total. The molecule has 0 aromatic carbocycles. The van der Waals surface area contributed by atoms with Crippen molar-refractivity contribution in [3.05, 3.63) is 23.5 Å². The van der Waals surface area contributed by atoms with Gasteiger partial charge < -0.3 is 14.8 Å². The highest BCUT2D eigenvalue weighted by atomic mass is 16.5. The second-order valence-corrected chi connectivity index (χ2v) is 6.89. The Morgan fingerprint density at radius 2 is 2.05 bits per heavy atom. The van der Waals surface area contributed by atoms with Crippen LogP contribution in [0.4, 0.5) is 0 Å². The maximum absolute atomic E-state index is 11.5. The van der Waals surface area contributed by atoms with E-state index in [0.29, 0.717) is 12.5 Å². The maximum Gasteiger partial charge on any atom is 0.220 e. The standard InChI is InChI=1S/C18H27NO3/c1-12(2)21-16-8-7-13(14-10-18(20)19-11-14)9-17(16)22-15-5-3-4-6-15/h7,9,12,14-16H,3-6,8,10-11H2,1-2H3,(H,19,20). The Labute approximate surface area is 132 Å². The zero-order valence-electron chi connectivity index (χ0n) is 13.6. The van der Waals surface area contributed by atoms with Crippen LogP contribution in [0.25, 0.3) is 0 Å². The van der Waals surface area contributed by atoms with E-state index >= 15 is 0 Å². The molecule has 122 valence electrons. The monoisotopic (exact) mass is 305 g/mol. The number of amides is 1. The molecule has 0 spiro atoms. The van der Waals surface area contributed by atoms with Gasteiger partial charge in [0.2, 0.25) is 5.91 Å². The molecule has 3 aliphatic rings. The van der Waals surface area contributed by atoms with Crippen LogP contribution in [0.5, 0.6) is 0 Å². The lowest BCUT2D eigenvalue weighted by Crippen LogP contribution is -2.26. The minimum Gasteiger partial charge on any atom is -0.492 e. The summed E-state index contributed by atoms with van der Waals surface area (Å²) in [7, 11) is 0. The molecule has 1 amide bonds. The molecule has 0 bridgehead atoms. The normalized spacial score (nSPS) is 29.5. The van der Waals surface area contributed by atoms with Crippen molar-refractivity contribution in [1.82, 2.24) is 5.32 Å². The molecule has 1 saturated carbocycles. The first kappa shape index (κ1) is 15.6. The summed E-state index contributed by atoms with van der Waals surface area (Å²) in [6.45, 7) is 4.87. The Bertz CT molecular complexity index is 475. The van der Waals surface area contributed by atoms with E-state index in [1.165, 1.54) is 18.4 Å². The number of allylic oxidation sites excluding steroid dienone is 1. The molecular formula is C18H27NO3. The minimum absolute atomic E-state index is 0.0226. The number of ether oxygens (including phenoxy) is 2. The van der Waals surface area contributed by atoms with E-state index in [1.54, 1.807) is 0 Å². The zero-order chi connectivity index (χ0) is 15.5. The Hall–Kier alpha value is -1.29. The van der Waals surface area contributed by atoms with Gasteiger partial charge in [-0.15, -0.1) is 0 Å². The molecule has 3 rings (SSSR count). The van der Waals surface area contributed by atoms with Crippen LogP contribution in [0, 0.1) is 5.92 Å². The molecule has 1 aliphatic heterocycles. The van der Waals surface area contributed by atoms with Crippen LogP contribution >= 0.6 is 0 Å². The van der Waals surface area contributed by atoms with Crippen LogP contribution in [0.15, 0.2) is 23.5 Å². The van der Waals surface area contributed by atoms with Crippen LogP contribution in [-0.2, 0) is 14.3 Å². The predicted molar refractivity (Wildman–Crippen MR) is 85.2 cm³/mol. The van der Waals surface area contributed by atoms with Crippen LogP contribution in [-0.4, -0.2) is 30.8 Å². The number of hydrogen-bond acceptors (Lipinski definition) is 3. The molecule has 22 heavy (non-hydrogen) atoms. The van der Waals surface area contributed by atoms with Crippen molar-refractivity contribution in [2.75, 3.05) is 6.54 Å². The number of hydrogen-bond donors (Lipinski definition) is 1. The molecule has 1 heterocycles. The summed E-state index contributed by atoms with van der Waals surface area (Å²) in [5, 5.41) is 2.92. The molecule has 4 heteroatoms. The highest BCUT2D eigenvalue weighted by Crippen LogP contribution is 2.32. The van der Waals surface area contributed by atoms with Crippen LogP contribution < -0.4 is 5.32 Å². The SMILES string of the molecule is CC(C)OC1CC=C(C2CNC(=O)C2)C=C1OC1CCCC1. The average Bonchev–Trinajstić information content (AvgIpc) is 3.12. The molecule has 0 aromatic heterocycles. The third-order valence-electron chi connectivity index (χ3n) is 4.68. The van der Waals surface area contributed by atoms with Crippen LogP contribution in [0.3, 0.4) is 0 Å². The largest absolute Gasteiger partial charge is 0.492 e. The summed E-state index contributed by atoms with van der Waals surface area (Å²) in [5.41, 5.74) is 1.23. The molecule has 2 aliphatic carbocycles. The van der Waals surface area contributed by atoms with Crippen molar-refractivity contribution in [2.24, 2.45) is 5.92 Å². The number of carbonyl (C=O) groups is 1. The van der Waals surface area contributed by atoms with Crippen LogP contribution in [0.1, 0.15) is 52.4 Å². The van der Waals surface area contributed by atoms with E-state index in [4.69, 9.17) is 9.47 Å². The fourth-order valence-corrected chi connectivity index (χ4v) is 3.56. The number of carbonyl (C=O) groups excluding carboxylic acids is 1. The Kier molecular flexibility index (Phi) is 4.87. The molecule has 0 aromatic rings. The summed E-state index contributed by atoms with van der Waals surface area (Å²) in [6.07, 6.45) is 11.2. The van der Waals surface area contributed by atoms with Gasteiger partial charge in [-0.25, -0.2) is 0 Å². The first-order chi connectivity index (χ1) is 10.6. The van der Waals surface area contributed by atoms with E-state index in [0.717, 1.165) is 31.6 Å². The molecule has 0 radical (unpaired) electrons. The van der Waals surface area contributed by atoms with Crippen molar-refractivity contribution in [3.63, 3.8) is 0 Å². The van der Waals surface area contributed by atoms with E-state index in [1.807, 2.05) is 0 Å². The fraction of sp³-hybridized carbons (Fsp3) is 0.722. The second kappa shape index (κ2) is 6.86. The van der Waals surface area contributed by atoms with Gasteiger partial charge in [0, 0.05) is 18.9 Å². The lowest BCUT2D eigenvalue weighted by atomic mass is 9.91. The van der Waals surface area contributed by atoms with Crippen molar-refractivity contribution in [2.45, 2.75) is 70.7 Å². The smallest absolute Gasteiger partial charge is 0.220 e. The predicted octanol–water partition coefficient (Wildman–Crippen LogP) is 3.09. The Balaban J connectivity index is 1.72. The van der Waals surface area contributed by atoms with Gasteiger partial charge in [0.05, 0.1) is 12.2 Å². The lowest BCUT2D eigenvalue weighted by molar-refractivity contribution is -0.119. The highest BCUT2D eigenvalue weighted by molar-refractivity contribution is 5.79. The van der Waals surface area contributed by atoms with Gasteiger partial charge in [-0.3, -0.25) is 4.79 Å². The van der Waals surface area contributed by atoms with Gasteiger partial charge in [-0.2, -0.15) is 0 Å². The van der Waals surface area contributed by atoms with Crippen molar-refractivity contribution < 1.29 is 14.3 Å². The van der Waals surface area contributed by atoms with Gasteiger partial charge in [-0.1, -0.05) is 6.08 Å². The Morgan fingerprint density at radius 1 is 1.27 bits per heavy atom. The summed E-state index contributed by atoms with van der Waals surface area (Å²) in [5.74, 6) is 1.41. The maximum atomic E-state index is 11.5. The van der Waals surface area contributed by atoms with E-state index in [2.05, 4.69) is 31.3 Å². The molecule has 2 unspecified atom stereocenters. The van der Waals surface area contributed by atoms with E-state index < -0.39 is 0 Å². The van der Waals surface area contributed by atoms with Crippen molar-refractivity contribution in [3.8, 4) is 0 Å². The third-order valence-corrected chi connectivity index (χ3v) is 4.68. The van der Waals surface area contributed by atoms with Gasteiger partial charge in [0.15, 0.2) is 0 Å². The van der Waals surface area contributed by atoms with Gasteiger partial charge in [-0.05, 0) is 57.6 Å². The molecule has 1 N–H and O–H groups in total. The van der Waals surface area contributed by atoms with Crippen LogP contribution in [0.2, 0.25) is 0 Å². The topological polar surface area (TPSA) is 47.6 Å². The van der Waals surface area contributed by atoms with Gasteiger partial charge in [0.1, 0.15) is 11.9 Å². The van der Waals surface area contributed by atoms with Gasteiger partial charge >= 0.3 is 0 Å². The highest BCUT2D eigenvalue weighted by Gasteiger charge is 2.30. The van der Waals surface area contributed by atoms with Crippen molar-refractivity contribution >= 4 is 5.91 Å². The summed E-state index contributed by atoms with van der Waals surface area (Å²) < 4.78 is 12.3. The quantitative estimate of drug-likeness (QED) is 0.849. The lowest BCUT2D eigenvalue weighted by Gasteiger charge is -2.29. The summed E-state index contributed by atoms with van der Waals surface area (Å²) in [6, 6.07) is 0. The first-order valence-electron chi connectivity index (χ1n) is 8.62. The first-order valence-corrected chi connectivity index (χ1v) is 8.62. The molecular weight excluding hydrogens is 278 g/mol. The fourth-order valence-electron chi connectivity index (χ4n) is 3.56. The molecule has 2 fully saturated rings. The van der Waals surface area contributed by atoms with E-state index in [-0.39, 0.29) is 24.0 Å². The zero-order valence-corrected chi connectivity index (χ0v) is 13.6. The van der Waals surface area contributed by atoms with E-state index in [9.17, 15) is 4.79 Å². The number of rotatable bonds is 5. The van der Waals surface area contributed by atoms with Gasteiger partial charge in [0.25, 0.3) is 0 Å². The Morgan fingerprint density at radius 3 is 2.68 bits per heavy atom. The summed E-state index contributed by atoms with van der Waals surface area (Å²) >= 11 is 0. The number of nitrogens with one attached hydrogen (secondary N) is 1. The minimum atomic E-state index is 0.0226. The second-order valence-electron chi connectivity index (χ2n) is 6.89. The van der Waals surface area contributed by atoms with Crippen molar-refractivity contribution in [1.29, 1.82) is 0 Å². The molecule has 1 saturated heterocycles. The molecule has 2 atom stereocenters. The average molecular weight is 305 g/mol. The summed E-state index contributed by atoms with van der Waals surface area (Å²) in [4.78, 5) is 11.5.